The highest BCUT2D eigenvalue weighted by Gasteiger charge is 2.06. The van der Waals surface area contributed by atoms with Crippen molar-refractivity contribution in [3.8, 4) is 5.75 Å². The number of rotatable bonds is 5. The monoisotopic (exact) mass is 326 g/mol. The molecule has 0 aliphatic rings. The van der Waals surface area contributed by atoms with Gasteiger partial charge in [0.25, 0.3) is 0 Å². The van der Waals surface area contributed by atoms with Crippen molar-refractivity contribution >= 4 is 27.3 Å². The first-order valence-electron chi connectivity index (χ1n) is 5.69. The first-order chi connectivity index (χ1) is 8.65. The van der Waals surface area contributed by atoms with E-state index in [2.05, 4.69) is 32.9 Å². The lowest BCUT2D eigenvalue weighted by atomic mass is 10.2. The molecule has 5 heteroatoms. The highest BCUT2D eigenvalue weighted by Crippen LogP contribution is 2.22. The van der Waals surface area contributed by atoms with Gasteiger partial charge in [-0.05, 0) is 30.8 Å². The Morgan fingerprint density at radius 3 is 3.00 bits per heavy atom. The molecular formula is C13H15BrN2OS. The van der Waals surface area contributed by atoms with E-state index >= 15 is 0 Å². The van der Waals surface area contributed by atoms with Crippen LogP contribution in [-0.4, -0.2) is 28.6 Å². The molecule has 1 aromatic carbocycles. The number of hydrogen-bond acceptors (Lipinski definition) is 4. The largest absolute Gasteiger partial charge is 0.508 e. The van der Waals surface area contributed by atoms with Gasteiger partial charge < -0.3 is 10.0 Å². The summed E-state index contributed by atoms with van der Waals surface area (Å²) in [6, 6.07) is 5.35. The van der Waals surface area contributed by atoms with Gasteiger partial charge in [0.15, 0.2) is 0 Å². The van der Waals surface area contributed by atoms with E-state index in [0.717, 1.165) is 34.6 Å². The summed E-state index contributed by atoms with van der Waals surface area (Å²) in [5.41, 5.74) is 1.09. The molecular weight excluding hydrogens is 312 g/mol. The minimum Gasteiger partial charge on any atom is -0.508 e. The van der Waals surface area contributed by atoms with Gasteiger partial charge in [0, 0.05) is 35.6 Å². The SMILES string of the molecule is CN(CCc1nccs1)Cc1cc(O)ccc1Br. The summed E-state index contributed by atoms with van der Waals surface area (Å²) in [7, 11) is 2.07. The van der Waals surface area contributed by atoms with Crippen molar-refractivity contribution in [1.29, 1.82) is 0 Å². The number of halogens is 1. The Morgan fingerprint density at radius 2 is 2.28 bits per heavy atom. The number of likely N-dealkylation sites (N-methyl/N-ethyl adjacent to an activating group) is 1. The normalized spacial score (nSPS) is 11.1. The number of aromatic nitrogens is 1. The van der Waals surface area contributed by atoms with Gasteiger partial charge in [-0.3, -0.25) is 0 Å². The molecule has 0 fully saturated rings. The Balaban J connectivity index is 1.90. The van der Waals surface area contributed by atoms with Gasteiger partial charge in [-0.2, -0.15) is 0 Å². The molecule has 1 heterocycles. The minimum absolute atomic E-state index is 0.307. The Bertz CT molecular complexity index is 502. The van der Waals surface area contributed by atoms with Gasteiger partial charge in [0.05, 0.1) is 5.01 Å². The third kappa shape index (κ3) is 3.80. The molecule has 0 radical (unpaired) electrons. The van der Waals surface area contributed by atoms with Crippen LogP contribution in [-0.2, 0) is 13.0 Å². The molecule has 0 saturated carbocycles. The summed E-state index contributed by atoms with van der Waals surface area (Å²) >= 11 is 5.19. The van der Waals surface area contributed by atoms with E-state index < -0.39 is 0 Å². The summed E-state index contributed by atoms with van der Waals surface area (Å²) in [4.78, 5) is 6.49. The Kier molecular flexibility index (Phi) is 4.74. The smallest absolute Gasteiger partial charge is 0.115 e. The van der Waals surface area contributed by atoms with E-state index in [-0.39, 0.29) is 0 Å². The molecule has 18 heavy (non-hydrogen) atoms. The van der Waals surface area contributed by atoms with Crippen molar-refractivity contribution in [3.05, 3.63) is 44.8 Å². The molecule has 0 aliphatic carbocycles. The molecule has 96 valence electrons. The Labute approximate surface area is 119 Å². The zero-order valence-electron chi connectivity index (χ0n) is 10.1. The Morgan fingerprint density at radius 1 is 1.44 bits per heavy atom. The van der Waals surface area contributed by atoms with E-state index in [4.69, 9.17) is 0 Å². The fourth-order valence-electron chi connectivity index (χ4n) is 1.72. The van der Waals surface area contributed by atoms with Gasteiger partial charge in [0.2, 0.25) is 0 Å². The van der Waals surface area contributed by atoms with Crippen molar-refractivity contribution < 1.29 is 5.11 Å². The molecule has 2 rings (SSSR count). The molecule has 3 nitrogen and oxygen atoms in total. The van der Waals surface area contributed by atoms with Crippen LogP contribution in [0.1, 0.15) is 10.6 Å². The van der Waals surface area contributed by atoms with Crippen molar-refractivity contribution in [3.63, 3.8) is 0 Å². The zero-order chi connectivity index (χ0) is 13.0. The fourth-order valence-corrected chi connectivity index (χ4v) is 2.70. The number of benzene rings is 1. The number of aromatic hydroxyl groups is 1. The standard InChI is InChI=1S/C13H15BrN2OS/c1-16(6-4-13-15-5-7-18-13)9-10-8-11(17)2-3-12(10)14/h2-3,5,7-8,17H,4,6,9H2,1H3. The molecule has 0 amide bonds. The Hall–Kier alpha value is -0.910. The molecule has 0 bridgehead atoms. The average molecular weight is 327 g/mol. The lowest BCUT2D eigenvalue weighted by Gasteiger charge is -2.17. The maximum Gasteiger partial charge on any atom is 0.115 e. The lowest BCUT2D eigenvalue weighted by molar-refractivity contribution is 0.329. The third-order valence-corrected chi connectivity index (χ3v) is 4.27. The minimum atomic E-state index is 0.307. The van der Waals surface area contributed by atoms with Crippen molar-refractivity contribution in [1.82, 2.24) is 9.88 Å². The second-order valence-corrected chi connectivity index (χ2v) is 6.02. The molecule has 0 atom stereocenters. The predicted octanol–water partition coefficient (Wildman–Crippen LogP) is 3.29. The van der Waals surface area contributed by atoms with E-state index in [1.54, 1.807) is 23.5 Å². The van der Waals surface area contributed by atoms with Crippen LogP contribution in [0.15, 0.2) is 34.2 Å². The number of nitrogens with zero attached hydrogens (tertiary/aromatic N) is 2. The quantitative estimate of drug-likeness (QED) is 0.915. The first kappa shape index (κ1) is 13.5. The fraction of sp³-hybridized carbons (Fsp3) is 0.308. The second kappa shape index (κ2) is 6.31. The zero-order valence-corrected chi connectivity index (χ0v) is 12.5. The number of hydrogen-bond donors (Lipinski definition) is 1. The van der Waals surface area contributed by atoms with Crippen LogP contribution in [0.4, 0.5) is 0 Å². The molecule has 0 spiro atoms. The summed E-state index contributed by atoms with van der Waals surface area (Å²) < 4.78 is 1.03. The van der Waals surface area contributed by atoms with E-state index in [1.807, 2.05) is 17.6 Å². The van der Waals surface area contributed by atoms with Gasteiger partial charge in [-0.15, -0.1) is 11.3 Å². The maximum atomic E-state index is 9.48. The van der Waals surface area contributed by atoms with E-state index in [0.29, 0.717) is 5.75 Å². The van der Waals surface area contributed by atoms with Crippen LogP contribution in [0.25, 0.3) is 0 Å². The van der Waals surface area contributed by atoms with Crippen LogP contribution in [0, 0.1) is 0 Å². The molecule has 0 saturated heterocycles. The van der Waals surface area contributed by atoms with Gasteiger partial charge in [-0.1, -0.05) is 15.9 Å². The summed E-state index contributed by atoms with van der Waals surface area (Å²) in [5, 5.41) is 12.6. The van der Waals surface area contributed by atoms with Gasteiger partial charge in [0.1, 0.15) is 5.75 Å². The third-order valence-electron chi connectivity index (χ3n) is 2.66. The average Bonchev–Trinajstić information content (AvgIpc) is 2.84. The van der Waals surface area contributed by atoms with Crippen LogP contribution in [0.5, 0.6) is 5.75 Å². The van der Waals surface area contributed by atoms with Crippen LogP contribution in [0.2, 0.25) is 0 Å². The first-order valence-corrected chi connectivity index (χ1v) is 7.37. The number of phenolic OH excluding ortho intramolecular Hbond substituents is 1. The lowest BCUT2D eigenvalue weighted by Crippen LogP contribution is -2.20. The summed E-state index contributed by atoms with van der Waals surface area (Å²) in [5.74, 6) is 0.307. The highest BCUT2D eigenvalue weighted by atomic mass is 79.9. The predicted molar refractivity (Wildman–Crippen MR) is 78.0 cm³/mol. The summed E-state index contributed by atoms with van der Waals surface area (Å²) in [6.07, 6.45) is 2.80. The number of phenols is 1. The van der Waals surface area contributed by atoms with Crippen molar-refractivity contribution in [2.24, 2.45) is 0 Å². The molecule has 1 aromatic heterocycles. The molecule has 0 aliphatic heterocycles. The van der Waals surface area contributed by atoms with Gasteiger partial charge >= 0.3 is 0 Å². The molecule has 2 aromatic rings. The number of thiazole rings is 1. The van der Waals surface area contributed by atoms with Crippen LogP contribution >= 0.6 is 27.3 Å². The van der Waals surface area contributed by atoms with Crippen LogP contribution in [0.3, 0.4) is 0 Å². The summed E-state index contributed by atoms with van der Waals surface area (Å²) in [6.45, 7) is 1.76. The topological polar surface area (TPSA) is 36.4 Å². The van der Waals surface area contributed by atoms with E-state index in [1.165, 1.54) is 0 Å². The van der Waals surface area contributed by atoms with Crippen molar-refractivity contribution in [2.45, 2.75) is 13.0 Å². The van der Waals surface area contributed by atoms with Crippen molar-refractivity contribution in [2.75, 3.05) is 13.6 Å². The van der Waals surface area contributed by atoms with Gasteiger partial charge in [-0.25, -0.2) is 4.98 Å². The maximum absolute atomic E-state index is 9.48. The second-order valence-electron chi connectivity index (χ2n) is 4.19. The highest BCUT2D eigenvalue weighted by molar-refractivity contribution is 9.10. The van der Waals surface area contributed by atoms with E-state index in [9.17, 15) is 5.11 Å². The molecule has 0 unspecified atom stereocenters. The molecule has 1 N–H and O–H groups in total. The van der Waals surface area contributed by atoms with Crippen LogP contribution < -0.4 is 0 Å².